The summed E-state index contributed by atoms with van der Waals surface area (Å²) < 4.78 is 0. The van der Waals surface area contributed by atoms with Crippen molar-refractivity contribution in [1.29, 1.82) is 10.5 Å². The lowest BCUT2D eigenvalue weighted by Crippen LogP contribution is -2.08. The Balaban J connectivity index is 1.90. The number of aromatic nitrogens is 2. The van der Waals surface area contributed by atoms with Crippen LogP contribution in [-0.2, 0) is 6.42 Å². The Morgan fingerprint density at radius 3 is 2.34 bits per heavy atom. The number of benzene rings is 2. The zero-order valence-electron chi connectivity index (χ0n) is 15.3. The van der Waals surface area contributed by atoms with Crippen LogP contribution in [0, 0.1) is 22.7 Å². The molecule has 8 heteroatoms. The number of anilines is 3. The van der Waals surface area contributed by atoms with Crippen molar-refractivity contribution < 1.29 is 0 Å². The standard InChI is InChI=1S/C21H16Cl2N6/c22-18-3-1-4-19(23)17(18)11-16-12-20(26-10-2-9-24)29-21(28-16)27-15-7-5-14(13-25)6-8-15/h1,3-8,12H,2,10-11H2,(H2,26,27,28,29). The molecule has 0 aliphatic carbocycles. The van der Waals surface area contributed by atoms with Gasteiger partial charge in [0.2, 0.25) is 5.95 Å². The van der Waals surface area contributed by atoms with Crippen LogP contribution in [0.3, 0.4) is 0 Å². The minimum absolute atomic E-state index is 0.355. The van der Waals surface area contributed by atoms with Crippen molar-refractivity contribution in [1.82, 2.24) is 9.97 Å². The summed E-state index contributed by atoms with van der Waals surface area (Å²) in [4.78, 5) is 9.02. The first-order chi connectivity index (χ1) is 14.1. The maximum atomic E-state index is 8.93. The van der Waals surface area contributed by atoms with Crippen LogP contribution in [0.25, 0.3) is 0 Å². The van der Waals surface area contributed by atoms with Crippen LogP contribution in [0.1, 0.15) is 23.2 Å². The fourth-order valence-corrected chi connectivity index (χ4v) is 3.15. The number of nitrogens with one attached hydrogen (secondary N) is 2. The SMILES string of the molecule is N#CCCNc1cc(Cc2c(Cl)cccc2Cl)nc(Nc2ccc(C#N)cc2)n1. The topological polar surface area (TPSA) is 97.4 Å². The van der Waals surface area contributed by atoms with Gasteiger partial charge in [0, 0.05) is 34.8 Å². The normalized spacial score (nSPS) is 10.1. The summed E-state index contributed by atoms with van der Waals surface area (Å²) in [5.41, 5.74) is 2.81. The Morgan fingerprint density at radius 1 is 0.966 bits per heavy atom. The molecule has 6 nitrogen and oxygen atoms in total. The summed E-state index contributed by atoms with van der Waals surface area (Å²) in [5.74, 6) is 0.972. The number of hydrogen-bond donors (Lipinski definition) is 2. The number of hydrogen-bond acceptors (Lipinski definition) is 6. The van der Waals surface area contributed by atoms with Crippen molar-refractivity contribution in [2.24, 2.45) is 0 Å². The third-order valence-electron chi connectivity index (χ3n) is 4.01. The van der Waals surface area contributed by atoms with E-state index in [0.29, 0.717) is 52.5 Å². The molecule has 0 radical (unpaired) electrons. The van der Waals surface area contributed by atoms with E-state index in [-0.39, 0.29) is 0 Å². The Hall–Kier alpha value is -3.32. The molecular weight excluding hydrogens is 407 g/mol. The zero-order valence-corrected chi connectivity index (χ0v) is 16.8. The van der Waals surface area contributed by atoms with Gasteiger partial charge in [0.25, 0.3) is 0 Å². The summed E-state index contributed by atoms with van der Waals surface area (Å²) >= 11 is 12.6. The van der Waals surface area contributed by atoms with Gasteiger partial charge in [0.1, 0.15) is 5.82 Å². The lowest BCUT2D eigenvalue weighted by atomic mass is 10.1. The second-order valence-corrected chi connectivity index (χ2v) is 6.91. The van der Waals surface area contributed by atoms with E-state index >= 15 is 0 Å². The monoisotopic (exact) mass is 422 g/mol. The van der Waals surface area contributed by atoms with Gasteiger partial charge in [-0.05, 0) is 42.0 Å². The molecule has 0 saturated carbocycles. The van der Waals surface area contributed by atoms with Crippen molar-refractivity contribution in [2.75, 3.05) is 17.2 Å². The van der Waals surface area contributed by atoms with Crippen molar-refractivity contribution in [3.63, 3.8) is 0 Å². The fraction of sp³-hybridized carbons (Fsp3) is 0.143. The van der Waals surface area contributed by atoms with Crippen LogP contribution >= 0.6 is 23.2 Å². The molecule has 3 aromatic rings. The molecule has 0 atom stereocenters. The Labute approximate surface area is 178 Å². The second kappa shape index (κ2) is 9.75. The second-order valence-electron chi connectivity index (χ2n) is 6.09. The van der Waals surface area contributed by atoms with E-state index in [0.717, 1.165) is 11.3 Å². The maximum absolute atomic E-state index is 8.93. The highest BCUT2D eigenvalue weighted by molar-refractivity contribution is 6.36. The van der Waals surface area contributed by atoms with E-state index in [2.05, 4.69) is 32.7 Å². The van der Waals surface area contributed by atoms with Crippen molar-refractivity contribution >= 4 is 40.7 Å². The third-order valence-corrected chi connectivity index (χ3v) is 4.72. The lowest BCUT2D eigenvalue weighted by Gasteiger charge is -2.12. The van der Waals surface area contributed by atoms with E-state index in [1.807, 2.05) is 0 Å². The number of rotatable bonds is 7. The van der Waals surface area contributed by atoms with Crippen LogP contribution in [0.15, 0.2) is 48.5 Å². The summed E-state index contributed by atoms with van der Waals surface area (Å²) in [6, 6.07) is 18.3. The molecule has 0 aliphatic rings. The van der Waals surface area contributed by atoms with E-state index in [1.54, 1.807) is 48.5 Å². The Kier molecular flexibility index (Phi) is 6.86. The van der Waals surface area contributed by atoms with E-state index in [1.165, 1.54) is 0 Å². The fourth-order valence-electron chi connectivity index (χ4n) is 2.62. The molecule has 0 fully saturated rings. The molecule has 0 aliphatic heterocycles. The summed E-state index contributed by atoms with van der Waals surface area (Å²) in [6.07, 6.45) is 0.782. The first kappa shape index (κ1) is 20.4. The molecule has 0 unspecified atom stereocenters. The van der Waals surface area contributed by atoms with Crippen molar-refractivity contribution in [3.8, 4) is 12.1 Å². The van der Waals surface area contributed by atoms with Crippen molar-refractivity contribution in [3.05, 3.63) is 75.4 Å². The van der Waals surface area contributed by atoms with Gasteiger partial charge in [-0.3, -0.25) is 0 Å². The highest BCUT2D eigenvalue weighted by Gasteiger charge is 2.11. The highest BCUT2D eigenvalue weighted by atomic mass is 35.5. The average molecular weight is 423 g/mol. The highest BCUT2D eigenvalue weighted by Crippen LogP contribution is 2.27. The quantitative estimate of drug-likeness (QED) is 0.500. The van der Waals surface area contributed by atoms with E-state index in [9.17, 15) is 0 Å². The summed E-state index contributed by atoms with van der Waals surface area (Å²) in [7, 11) is 0. The van der Waals surface area contributed by atoms with Gasteiger partial charge in [-0.25, -0.2) is 4.98 Å². The Bertz CT molecular complexity index is 1060. The van der Waals surface area contributed by atoms with Crippen LogP contribution in [0.2, 0.25) is 10.0 Å². The summed E-state index contributed by atoms with van der Waals surface area (Å²) in [6.45, 7) is 0.468. The third kappa shape index (κ3) is 5.58. The van der Waals surface area contributed by atoms with Crippen LogP contribution < -0.4 is 10.6 Å². The first-order valence-corrected chi connectivity index (χ1v) is 9.53. The molecule has 0 bridgehead atoms. The smallest absolute Gasteiger partial charge is 0.229 e. The number of nitriles is 2. The van der Waals surface area contributed by atoms with Gasteiger partial charge in [-0.1, -0.05) is 29.3 Å². The minimum atomic E-state index is 0.355. The van der Waals surface area contributed by atoms with Gasteiger partial charge in [0.15, 0.2) is 0 Å². The molecule has 0 spiro atoms. The predicted octanol–water partition coefficient (Wildman–Crippen LogP) is 5.32. The Morgan fingerprint density at radius 2 is 1.69 bits per heavy atom. The summed E-state index contributed by atoms with van der Waals surface area (Å²) in [5, 5.41) is 25.1. The molecule has 0 saturated heterocycles. The lowest BCUT2D eigenvalue weighted by molar-refractivity contribution is 1.00. The molecule has 144 valence electrons. The molecular formula is C21H16Cl2N6. The number of nitrogens with zero attached hydrogens (tertiary/aromatic N) is 4. The van der Waals surface area contributed by atoms with Gasteiger partial charge in [-0.15, -0.1) is 0 Å². The van der Waals surface area contributed by atoms with Gasteiger partial charge >= 0.3 is 0 Å². The van der Waals surface area contributed by atoms with E-state index in [4.69, 9.17) is 33.7 Å². The number of halogens is 2. The van der Waals surface area contributed by atoms with Gasteiger partial charge in [0.05, 0.1) is 29.8 Å². The molecule has 3 rings (SSSR count). The molecule has 2 N–H and O–H groups in total. The maximum Gasteiger partial charge on any atom is 0.229 e. The molecule has 29 heavy (non-hydrogen) atoms. The average Bonchev–Trinajstić information content (AvgIpc) is 2.72. The van der Waals surface area contributed by atoms with Gasteiger partial charge in [-0.2, -0.15) is 15.5 Å². The molecule has 0 amide bonds. The molecule has 2 aromatic carbocycles. The van der Waals surface area contributed by atoms with Crippen LogP contribution in [0.5, 0.6) is 0 Å². The van der Waals surface area contributed by atoms with Crippen LogP contribution in [-0.4, -0.2) is 16.5 Å². The zero-order chi connectivity index (χ0) is 20.6. The van der Waals surface area contributed by atoms with Gasteiger partial charge < -0.3 is 10.6 Å². The van der Waals surface area contributed by atoms with E-state index < -0.39 is 0 Å². The predicted molar refractivity (Wildman–Crippen MR) is 114 cm³/mol. The van der Waals surface area contributed by atoms with Crippen LogP contribution in [0.4, 0.5) is 17.5 Å². The first-order valence-electron chi connectivity index (χ1n) is 8.78. The minimum Gasteiger partial charge on any atom is -0.369 e. The largest absolute Gasteiger partial charge is 0.369 e. The molecule has 1 heterocycles. The molecule has 1 aromatic heterocycles. The van der Waals surface area contributed by atoms with Crippen molar-refractivity contribution in [2.45, 2.75) is 12.8 Å².